The van der Waals surface area contributed by atoms with E-state index in [0.717, 1.165) is 6.07 Å². The van der Waals surface area contributed by atoms with Crippen LogP contribution >= 0.6 is 11.6 Å². The van der Waals surface area contributed by atoms with E-state index in [2.05, 4.69) is 15.1 Å². The molecular formula is C27H23ClF2N4O3. The quantitative estimate of drug-likeness (QED) is 0.322. The number of benzene rings is 2. The largest absolute Gasteiger partial charge is 0.477 e. The SMILES string of the molecule is Cc1noc(-c2ccc(C(=O)N3CC[C@@H](COc4ccc(Cl)cn4)[C@H](c4ccc(F)c(F)c4)C3)cc2)n1. The standard InChI is InChI=1S/C27H23ClF2N4O3/c1-16-32-26(37-33-16)17-2-4-18(5-3-17)27(35)34-11-10-20(15-36-25-9-7-21(28)13-31-25)22(14-34)19-6-8-23(29)24(30)12-19/h2-9,12-13,20,22H,10-11,14-15H2,1H3/t20-,22-/m0/s1. The van der Waals surface area contributed by atoms with Crippen molar-refractivity contribution in [1.82, 2.24) is 20.0 Å². The third-order valence-electron chi connectivity index (χ3n) is 6.47. The van der Waals surface area contributed by atoms with Crippen LogP contribution in [0.1, 0.15) is 34.1 Å². The van der Waals surface area contributed by atoms with Gasteiger partial charge in [0.05, 0.1) is 11.6 Å². The summed E-state index contributed by atoms with van der Waals surface area (Å²) in [6, 6.07) is 14.2. The number of nitrogens with zero attached hydrogens (tertiary/aromatic N) is 4. The molecule has 1 saturated heterocycles. The summed E-state index contributed by atoms with van der Waals surface area (Å²) in [7, 11) is 0. The molecular weight excluding hydrogens is 502 g/mol. The summed E-state index contributed by atoms with van der Waals surface area (Å²) in [4.78, 5) is 23.4. The lowest BCUT2D eigenvalue weighted by atomic mass is 9.81. The Bertz CT molecular complexity index is 1400. The summed E-state index contributed by atoms with van der Waals surface area (Å²) in [5, 5.41) is 4.29. The third-order valence-corrected chi connectivity index (χ3v) is 6.69. The highest BCUT2D eigenvalue weighted by atomic mass is 35.5. The van der Waals surface area contributed by atoms with E-state index in [-0.39, 0.29) is 17.7 Å². The van der Waals surface area contributed by atoms with E-state index in [1.54, 1.807) is 54.3 Å². The van der Waals surface area contributed by atoms with Gasteiger partial charge in [-0.15, -0.1) is 0 Å². The Labute approximate surface area is 217 Å². The first-order valence-electron chi connectivity index (χ1n) is 11.8. The van der Waals surface area contributed by atoms with Gasteiger partial charge < -0.3 is 14.2 Å². The zero-order chi connectivity index (χ0) is 25.9. The first kappa shape index (κ1) is 24.8. The molecule has 2 aromatic carbocycles. The molecule has 0 bridgehead atoms. The number of hydrogen-bond donors (Lipinski definition) is 0. The molecule has 2 aromatic heterocycles. The Balaban J connectivity index is 1.34. The van der Waals surface area contributed by atoms with Crippen LogP contribution in [-0.4, -0.2) is 45.6 Å². The molecule has 37 heavy (non-hydrogen) atoms. The topological polar surface area (TPSA) is 81.4 Å². The number of carbonyl (C=O) groups is 1. The van der Waals surface area contributed by atoms with Crippen molar-refractivity contribution in [3.63, 3.8) is 0 Å². The molecule has 1 amide bonds. The number of ether oxygens (including phenoxy) is 1. The number of halogens is 3. The Morgan fingerprint density at radius 2 is 1.95 bits per heavy atom. The van der Waals surface area contributed by atoms with Crippen molar-refractivity contribution in [3.05, 3.63) is 94.4 Å². The molecule has 3 heterocycles. The number of aryl methyl sites for hydroxylation is 1. The van der Waals surface area contributed by atoms with Gasteiger partial charge in [-0.2, -0.15) is 4.98 Å². The lowest BCUT2D eigenvalue weighted by molar-refractivity contribution is 0.0614. The molecule has 0 aliphatic carbocycles. The Hall–Kier alpha value is -3.85. The fourth-order valence-corrected chi connectivity index (χ4v) is 4.61. The summed E-state index contributed by atoms with van der Waals surface area (Å²) in [5.41, 5.74) is 1.82. The van der Waals surface area contributed by atoms with Crippen molar-refractivity contribution >= 4 is 17.5 Å². The second-order valence-corrected chi connectivity index (χ2v) is 9.37. The van der Waals surface area contributed by atoms with Crippen LogP contribution in [0.5, 0.6) is 5.88 Å². The molecule has 0 unspecified atom stereocenters. The molecule has 0 N–H and O–H groups in total. The van der Waals surface area contributed by atoms with E-state index < -0.39 is 11.6 Å². The number of rotatable bonds is 6. The summed E-state index contributed by atoms with van der Waals surface area (Å²) in [5.74, 6) is -0.977. The minimum Gasteiger partial charge on any atom is -0.477 e. The highest BCUT2D eigenvalue weighted by molar-refractivity contribution is 6.30. The van der Waals surface area contributed by atoms with E-state index >= 15 is 0 Å². The number of carbonyl (C=O) groups excluding carboxylic acids is 1. The van der Waals surface area contributed by atoms with Crippen LogP contribution in [0.3, 0.4) is 0 Å². The van der Waals surface area contributed by atoms with Crippen LogP contribution in [0.15, 0.2) is 65.3 Å². The summed E-state index contributed by atoms with van der Waals surface area (Å²) < 4.78 is 38.8. The Morgan fingerprint density at radius 1 is 1.14 bits per heavy atom. The predicted octanol–water partition coefficient (Wildman–Crippen LogP) is 5.70. The van der Waals surface area contributed by atoms with Crippen LogP contribution in [0.25, 0.3) is 11.5 Å². The van der Waals surface area contributed by atoms with Crippen molar-refractivity contribution < 1.29 is 22.8 Å². The highest BCUT2D eigenvalue weighted by Crippen LogP contribution is 2.34. The van der Waals surface area contributed by atoms with Crippen LogP contribution in [0.4, 0.5) is 8.78 Å². The molecule has 1 aliphatic rings. The lowest BCUT2D eigenvalue weighted by Gasteiger charge is -2.39. The minimum atomic E-state index is -0.924. The molecule has 0 spiro atoms. The first-order chi connectivity index (χ1) is 17.9. The monoisotopic (exact) mass is 524 g/mol. The van der Waals surface area contributed by atoms with E-state index in [1.807, 2.05) is 0 Å². The smallest absolute Gasteiger partial charge is 0.257 e. The zero-order valence-electron chi connectivity index (χ0n) is 19.9. The Kier molecular flexibility index (Phi) is 7.14. The van der Waals surface area contributed by atoms with Gasteiger partial charge in [0.2, 0.25) is 5.88 Å². The number of aromatic nitrogens is 3. The number of amides is 1. The number of piperidine rings is 1. The highest BCUT2D eigenvalue weighted by Gasteiger charge is 2.34. The maximum Gasteiger partial charge on any atom is 0.257 e. The lowest BCUT2D eigenvalue weighted by Crippen LogP contribution is -2.44. The molecule has 2 atom stereocenters. The molecule has 0 radical (unpaired) electrons. The third kappa shape index (κ3) is 5.61. The van der Waals surface area contributed by atoms with Gasteiger partial charge in [-0.05, 0) is 61.4 Å². The first-order valence-corrected chi connectivity index (χ1v) is 12.1. The van der Waals surface area contributed by atoms with Gasteiger partial charge in [-0.25, -0.2) is 13.8 Å². The van der Waals surface area contributed by atoms with E-state index in [0.29, 0.717) is 65.4 Å². The predicted molar refractivity (Wildman–Crippen MR) is 132 cm³/mol. The van der Waals surface area contributed by atoms with Crippen LogP contribution in [0.2, 0.25) is 5.02 Å². The second kappa shape index (κ2) is 10.6. The Morgan fingerprint density at radius 3 is 2.62 bits per heavy atom. The molecule has 10 heteroatoms. The number of hydrogen-bond acceptors (Lipinski definition) is 6. The number of likely N-dealkylation sites (tertiary alicyclic amines) is 1. The molecule has 5 rings (SSSR count). The van der Waals surface area contributed by atoms with Gasteiger partial charge in [-0.3, -0.25) is 4.79 Å². The van der Waals surface area contributed by atoms with E-state index in [4.69, 9.17) is 20.9 Å². The fourth-order valence-electron chi connectivity index (χ4n) is 4.50. The average molecular weight is 525 g/mol. The van der Waals surface area contributed by atoms with Crippen LogP contribution in [-0.2, 0) is 0 Å². The summed E-state index contributed by atoms with van der Waals surface area (Å²) in [6.45, 7) is 2.86. The molecule has 1 fully saturated rings. The zero-order valence-corrected chi connectivity index (χ0v) is 20.7. The van der Waals surface area contributed by atoms with Crippen LogP contribution in [0, 0.1) is 24.5 Å². The molecule has 190 valence electrons. The van der Waals surface area contributed by atoms with Gasteiger partial charge >= 0.3 is 0 Å². The molecule has 0 saturated carbocycles. The van der Waals surface area contributed by atoms with Crippen molar-refractivity contribution in [2.24, 2.45) is 5.92 Å². The van der Waals surface area contributed by atoms with Crippen molar-refractivity contribution in [3.8, 4) is 17.3 Å². The van der Waals surface area contributed by atoms with Crippen molar-refractivity contribution in [2.75, 3.05) is 19.7 Å². The molecule has 7 nitrogen and oxygen atoms in total. The summed E-state index contributed by atoms with van der Waals surface area (Å²) >= 11 is 5.90. The van der Waals surface area contributed by atoms with E-state index in [9.17, 15) is 13.6 Å². The molecule has 1 aliphatic heterocycles. The van der Waals surface area contributed by atoms with Crippen LogP contribution < -0.4 is 4.74 Å². The van der Waals surface area contributed by atoms with Gasteiger partial charge in [0, 0.05) is 48.3 Å². The van der Waals surface area contributed by atoms with E-state index in [1.165, 1.54) is 12.3 Å². The van der Waals surface area contributed by atoms with Crippen molar-refractivity contribution in [2.45, 2.75) is 19.3 Å². The average Bonchev–Trinajstić information content (AvgIpc) is 3.36. The molecule has 4 aromatic rings. The minimum absolute atomic E-state index is 0.0467. The van der Waals surface area contributed by atoms with Gasteiger partial charge in [0.1, 0.15) is 0 Å². The van der Waals surface area contributed by atoms with Crippen molar-refractivity contribution in [1.29, 1.82) is 0 Å². The summed E-state index contributed by atoms with van der Waals surface area (Å²) in [6.07, 6.45) is 2.11. The van der Waals surface area contributed by atoms with Gasteiger partial charge in [0.25, 0.3) is 11.8 Å². The number of pyridine rings is 1. The maximum atomic E-state index is 14.1. The normalized spacial score (nSPS) is 17.6. The fraction of sp³-hybridized carbons (Fsp3) is 0.259. The maximum absolute atomic E-state index is 14.1. The van der Waals surface area contributed by atoms with Gasteiger partial charge in [0.15, 0.2) is 17.5 Å². The van der Waals surface area contributed by atoms with Gasteiger partial charge in [-0.1, -0.05) is 22.8 Å². The second-order valence-electron chi connectivity index (χ2n) is 8.93.